The lowest BCUT2D eigenvalue weighted by molar-refractivity contribution is -0.142. The third kappa shape index (κ3) is 4.00. The van der Waals surface area contributed by atoms with Crippen LogP contribution in [0.2, 0.25) is 0 Å². The normalized spacial score (nSPS) is 19.2. The van der Waals surface area contributed by atoms with Crippen molar-refractivity contribution in [2.24, 2.45) is 0 Å². The lowest BCUT2D eigenvalue weighted by Gasteiger charge is -2.28. The lowest BCUT2D eigenvalue weighted by Crippen LogP contribution is -2.42. The number of benzene rings is 1. The first-order chi connectivity index (χ1) is 13.4. The molecule has 0 aromatic heterocycles. The quantitative estimate of drug-likeness (QED) is 0.658. The van der Waals surface area contributed by atoms with Gasteiger partial charge in [0.15, 0.2) is 0 Å². The van der Waals surface area contributed by atoms with Crippen LogP contribution in [0.15, 0.2) is 24.3 Å². The molecular formula is C20H25N3O5. The van der Waals surface area contributed by atoms with E-state index < -0.39 is 30.0 Å². The first-order valence-corrected chi connectivity index (χ1v) is 9.63. The van der Waals surface area contributed by atoms with Crippen LogP contribution in [0.25, 0.3) is 0 Å². The first kappa shape index (κ1) is 19.9. The molecule has 8 heteroatoms. The summed E-state index contributed by atoms with van der Waals surface area (Å²) in [5.74, 6) is -1.85. The van der Waals surface area contributed by atoms with Crippen molar-refractivity contribution in [1.82, 2.24) is 15.1 Å². The number of carboxylic acid groups (broad SMARTS) is 1. The topological polar surface area (TPSA) is 107 Å². The van der Waals surface area contributed by atoms with Gasteiger partial charge in [-0.05, 0) is 17.5 Å². The van der Waals surface area contributed by atoms with Gasteiger partial charge in [0.05, 0.1) is 0 Å². The van der Waals surface area contributed by atoms with Crippen LogP contribution in [0.3, 0.4) is 0 Å². The van der Waals surface area contributed by atoms with Crippen molar-refractivity contribution in [3.63, 3.8) is 0 Å². The van der Waals surface area contributed by atoms with E-state index in [1.165, 1.54) is 0 Å². The van der Waals surface area contributed by atoms with Gasteiger partial charge in [0.2, 0.25) is 5.91 Å². The van der Waals surface area contributed by atoms with E-state index >= 15 is 0 Å². The van der Waals surface area contributed by atoms with Gasteiger partial charge in [-0.1, -0.05) is 44.0 Å². The number of nitrogens with zero attached hydrogens (tertiary/aromatic N) is 2. The third-order valence-electron chi connectivity index (χ3n) is 5.32. The average Bonchev–Trinajstić information content (AvgIpc) is 2.91. The Morgan fingerprint density at radius 2 is 1.96 bits per heavy atom. The monoisotopic (exact) mass is 387 g/mol. The number of amides is 4. The third-order valence-corrected chi connectivity index (χ3v) is 5.32. The zero-order valence-corrected chi connectivity index (χ0v) is 15.9. The van der Waals surface area contributed by atoms with Crippen molar-refractivity contribution < 1.29 is 24.3 Å². The van der Waals surface area contributed by atoms with E-state index in [-0.39, 0.29) is 18.9 Å². The van der Waals surface area contributed by atoms with Crippen molar-refractivity contribution in [3.05, 3.63) is 35.4 Å². The van der Waals surface area contributed by atoms with Crippen LogP contribution in [0.1, 0.15) is 43.7 Å². The second kappa shape index (κ2) is 8.41. The summed E-state index contributed by atoms with van der Waals surface area (Å²) in [6.07, 6.45) is 2.24. The molecule has 0 bridgehead atoms. The fourth-order valence-electron chi connectivity index (χ4n) is 3.73. The van der Waals surface area contributed by atoms with Crippen LogP contribution in [0.5, 0.6) is 0 Å². The van der Waals surface area contributed by atoms with E-state index in [1.807, 2.05) is 31.2 Å². The highest BCUT2D eigenvalue weighted by Crippen LogP contribution is 2.29. The van der Waals surface area contributed by atoms with Gasteiger partial charge in [-0.2, -0.15) is 0 Å². The molecule has 0 radical (unpaired) electrons. The van der Waals surface area contributed by atoms with Gasteiger partial charge in [0.25, 0.3) is 5.91 Å². The maximum Gasteiger partial charge on any atom is 0.327 e. The van der Waals surface area contributed by atoms with Crippen LogP contribution in [-0.4, -0.2) is 57.3 Å². The molecule has 4 amide bonds. The number of imide groups is 1. The molecule has 150 valence electrons. The predicted octanol–water partition coefficient (Wildman–Crippen LogP) is 1.53. The van der Waals surface area contributed by atoms with Gasteiger partial charge in [0.1, 0.15) is 12.1 Å². The minimum absolute atomic E-state index is 0.0486. The summed E-state index contributed by atoms with van der Waals surface area (Å²) in [6, 6.07) is 5.86. The molecule has 2 aliphatic rings. The predicted molar refractivity (Wildman–Crippen MR) is 100 cm³/mol. The molecule has 3 rings (SSSR count). The molecule has 2 heterocycles. The molecule has 0 spiro atoms. The van der Waals surface area contributed by atoms with E-state index in [9.17, 15) is 24.3 Å². The Kier molecular flexibility index (Phi) is 5.96. The van der Waals surface area contributed by atoms with Crippen LogP contribution >= 0.6 is 0 Å². The fraction of sp³-hybridized carbons (Fsp3) is 0.500. The largest absolute Gasteiger partial charge is 0.480 e. The van der Waals surface area contributed by atoms with Crippen LogP contribution in [-0.2, 0) is 27.3 Å². The van der Waals surface area contributed by atoms with Gasteiger partial charge in [-0.3, -0.25) is 14.5 Å². The summed E-state index contributed by atoms with van der Waals surface area (Å²) in [4.78, 5) is 51.4. The Morgan fingerprint density at radius 1 is 1.25 bits per heavy atom. The summed E-state index contributed by atoms with van der Waals surface area (Å²) in [5.41, 5.74) is 2.09. The van der Waals surface area contributed by atoms with Gasteiger partial charge < -0.3 is 15.3 Å². The molecule has 2 aliphatic heterocycles. The molecule has 2 atom stereocenters. The maximum absolute atomic E-state index is 12.7. The van der Waals surface area contributed by atoms with Gasteiger partial charge in [0, 0.05) is 25.9 Å². The maximum atomic E-state index is 12.7. The van der Waals surface area contributed by atoms with Gasteiger partial charge in [-0.15, -0.1) is 0 Å². The minimum atomic E-state index is -1.08. The number of carbonyl (C=O) groups is 4. The second-order valence-electron chi connectivity index (χ2n) is 7.24. The number of unbranched alkanes of at least 4 members (excludes halogenated alkanes) is 1. The molecule has 1 saturated heterocycles. The van der Waals surface area contributed by atoms with E-state index in [0.29, 0.717) is 25.8 Å². The number of hydrogen-bond acceptors (Lipinski definition) is 4. The standard InChI is InChI=1S/C20H25N3O5/c1-2-3-8-15(19(26)27)21-17(24)9-10-22-18(25)16-11-13-6-4-5-7-14(13)12-23(16)20(22)28/h4-7,15-16H,2-3,8-12H2,1H3,(H,21,24)(H,26,27)/t15-,16+/m1/s1. The Labute approximate surface area is 163 Å². The first-order valence-electron chi connectivity index (χ1n) is 9.63. The molecule has 28 heavy (non-hydrogen) atoms. The molecule has 1 fully saturated rings. The highest BCUT2D eigenvalue weighted by molar-refractivity contribution is 6.05. The molecule has 1 aromatic carbocycles. The Hall–Kier alpha value is -2.90. The SMILES string of the molecule is CCCC[C@@H](NC(=O)CCN1C(=O)[C@@H]2Cc3ccccc3CN2C1=O)C(=O)O. The number of fused-ring (bicyclic) bond motifs is 2. The lowest BCUT2D eigenvalue weighted by atomic mass is 9.95. The number of carboxylic acids is 1. The summed E-state index contributed by atoms with van der Waals surface area (Å²) >= 11 is 0. The molecule has 0 unspecified atom stereocenters. The van der Waals surface area contributed by atoms with Crippen LogP contribution < -0.4 is 5.32 Å². The summed E-state index contributed by atoms with van der Waals surface area (Å²) in [7, 11) is 0. The summed E-state index contributed by atoms with van der Waals surface area (Å²) < 4.78 is 0. The zero-order chi connectivity index (χ0) is 20.3. The van der Waals surface area contributed by atoms with E-state index in [1.54, 1.807) is 4.90 Å². The van der Waals surface area contributed by atoms with Crippen molar-refractivity contribution in [3.8, 4) is 0 Å². The van der Waals surface area contributed by atoms with Crippen molar-refractivity contribution in [1.29, 1.82) is 0 Å². The van der Waals surface area contributed by atoms with Gasteiger partial charge >= 0.3 is 12.0 Å². The molecule has 0 saturated carbocycles. The molecule has 0 aliphatic carbocycles. The Bertz CT molecular complexity index is 751. The molecule has 2 N–H and O–H groups in total. The van der Waals surface area contributed by atoms with Gasteiger partial charge in [-0.25, -0.2) is 9.59 Å². The Morgan fingerprint density at radius 3 is 2.64 bits per heavy atom. The second-order valence-corrected chi connectivity index (χ2v) is 7.24. The zero-order valence-electron chi connectivity index (χ0n) is 15.9. The fourth-order valence-corrected chi connectivity index (χ4v) is 3.73. The summed E-state index contributed by atoms with van der Waals surface area (Å²) in [6.45, 7) is 2.28. The van der Waals surface area contributed by atoms with E-state index in [2.05, 4.69) is 5.32 Å². The highest BCUT2D eigenvalue weighted by Gasteiger charge is 2.46. The molecule has 1 aromatic rings. The number of urea groups is 1. The smallest absolute Gasteiger partial charge is 0.327 e. The average molecular weight is 387 g/mol. The Balaban J connectivity index is 1.58. The highest BCUT2D eigenvalue weighted by atomic mass is 16.4. The van der Waals surface area contributed by atoms with Crippen molar-refractivity contribution in [2.45, 2.75) is 57.7 Å². The van der Waals surface area contributed by atoms with Crippen LogP contribution in [0.4, 0.5) is 4.79 Å². The summed E-state index contributed by atoms with van der Waals surface area (Å²) in [5, 5.41) is 11.7. The van der Waals surface area contributed by atoms with E-state index in [4.69, 9.17) is 0 Å². The number of aliphatic carboxylic acids is 1. The van der Waals surface area contributed by atoms with Crippen LogP contribution in [0, 0.1) is 0 Å². The van der Waals surface area contributed by atoms with Crippen molar-refractivity contribution in [2.75, 3.05) is 6.54 Å². The number of carbonyl (C=O) groups excluding carboxylic acids is 3. The number of nitrogens with one attached hydrogen (secondary N) is 1. The number of rotatable bonds is 8. The molecular weight excluding hydrogens is 362 g/mol. The minimum Gasteiger partial charge on any atom is -0.480 e. The van der Waals surface area contributed by atoms with E-state index in [0.717, 1.165) is 22.4 Å². The number of hydrogen-bond donors (Lipinski definition) is 2. The van der Waals surface area contributed by atoms with Crippen molar-refractivity contribution >= 4 is 23.8 Å². The molecule has 8 nitrogen and oxygen atoms in total.